The highest BCUT2D eigenvalue weighted by Crippen LogP contribution is 2.35. The molecule has 1 nitrogen and oxygen atoms in total. The van der Waals surface area contributed by atoms with Gasteiger partial charge in [0, 0.05) is 17.0 Å². The lowest BCUT2D eigenvalue weighted by Crippen LogP contribution is -2.44. The molecule has 2 heterocycles. The first-order valence-corrected chi connectivity index (χ1v) is 6.96. The van der Waals surface area contributed by atoms with Gasteiger partial charge in [-0.05, 0) is 36.8 Å². The number of hydrogen-bond donors (Lipinski definition) is 1. The second-order valence-corrected chi connectivity index (χ2v) is 5.72. The monoisotopic (exact) mass is 223 g/mol. The number of hydrogen-bond acceptors (Lipinski definition) is 2. The van der Waals surface area contributed by atoms with Gasteiger partial charge in [-0.1, -0.05) is 26.2 Å². The summed E-state index contributed by atoms with van der Waals surface area (Å²) in [4.78, 5) is 1.60. The third kappa shape index (κ3) is 2.26. The molecule has 1 aromatic rings. The molecule has 1 atom stereocenters. The van der Waals surface area contributed by atoms with Crippen molar-refractivity contribution in [1.82, 2.24) is 5.32 Å². The molecule has 0 fully saturated rings. The zero-order chi connectivity index (χ0) is 10.7. The van der Waals surface area contributed by atoms with Crippen molar-refractivity contribution < 1.29 is 0 Å². The Hall–Kier alpha value is -0.340. The van der Waals surface area contributed by atoms with Crippen LogP contribution in [-0.4, -0.2) is 6.54 Å². The molecule has 2 rings (SSSR count). The maximum atomic E-state index is 3.70. The number of nitrogens with one attached hydrogen (secondary N) is 1. The van der Waals surface area contributed by atoms with Crippen LogP contribution in [0.25, 0.3) is 0 Å². The molecule has 0 spiro atoms. The van der Waals surface area contributed by atoms with Crippen molar-refractivity contribution in [3.05, 3.63) is 21.9 Å². The van der Waals surface area contributed by atoms with Crippen LogP contribution in [0.1, 0.15) is 50.0 Å². The van der Waals surface area contributed by atoms with E-state index in [1.54, 1.807) is 10.4 Å². The summed E-state index contributed by atoms with van der Waals surface area (Å²) in [6.07, 6.45) is 6.51. The van der Waals surface area contributed by atoms with Gasteiger partial charge in [-0.15, -0.1) is 11.3 Å². The number of thiophene rings is 1. The lowest BCUT2D eigenvalue weighted by atomic mass is 9.84. The molecule has 0 saturated carbocycles. The largest absolute Gasteiger partial charge is 0.307 e. The first-order chi connectivity index (χ1) is 7.26. The summed E-state index contributed by atoms with van der Waals surface area (Å²) in [5, 5.41) is 5.95. The maximum absolute atomic E-state index is 3.70. The molecule has 0 aromatic carbocycles. The molecule has 1 aliphatic heterocycles. The summed E-state index contributed by atoms with van der Waals surface area (Å²) in [6.45, 7) is 5.79. The minimum atomic E-state index is 0.253. The molecule has 84 valence electrons. The third-order valence-corrected chi connectivity index (χ3v) is 4.47. The number of unbranched alkanes of at least 4 members (excludes halogenated alkanes) is 2. The fraction of sp³-hybridized carbons (Fsp3) is 0.692. The highest BCUT2D eigenvalue weighted by molar-refractivity contribution is 7.10. The minimum absolute atomic E-state index is 0.253. The lowest BCUT2D eigenvalue weighted by Gasteiger charge is -2.35. The highest BCUT2D eigenvalue weighted by Gasteiger charge is 2.31. The van der Waals surface area contributed by atoms with E-state index >= 15 is 0 Å². The minimum Gasteiger partial charge on any atom is -0.307 e. The molecule has 15 heavy (non-hydrogen) atoms. The van der Waals surface area contributed by atoms with Crippen molar-refractivity contribution in [3.8, 4) is 0 Å². The Morgan fingerprint density at radius 3 is 3.13 bits per heavy atom. The van der Waals surface area contributed by atoms with Crippen molar-refractivity contribution in [2.45, 2.75) is 51.5 Å². The predicted molar refractivity (Wildman–Crippen MR) is 67.5 cm³/mol. The van der Waals surface area contributed by atoms with Crippen LogP contribution in [0.3, 0.4) is 0 Å². The topological polar surface area (TPSA) is 12.0 Å². The van der Waals surface area contributed by atoms with Gasteiger partial charge in [0.25, 0.3) is 0 Å². The molecular formula is C13H21NS. The summed E-state index contributed by atoms with van der Waals surface area (Å²) in [6, 6.07) is 2.32. The van der Waals surface area contributed by atoms with Crippen LogP contribution in [0, 0.1) is 0 Å². The lowest BCUT2D eigenvalue weighted by molar-refractivity contribution is 0.314. The van der Waals surface area contributed by atoms with E-state index in [1.165, 1.54) is 32.1 Å². The van der Waals surface area contributed by atoms with Crippen LogP contribution < -0.4 is 5.32 Å². The van der Waals surface area contributed by atoms with Gasteiger partial charge in [0.2, 0.25) is 0 Å². The third-order valence-electron chi connectivity index (χ3n) is 3.49. The van der Waals surface area contributed by atoms with Gasteiger partial charge in [-0.25, -0.2) is 0 Å². The normalized spacial score (nSPS) is 25.2. The molecule has 0 amide bonds. The first-order valence-electron chi connectivity index (χ1n) is 6.08. The zero-order valence-corrected chi connectivity index (χ0v) is 10.6. The van der Waals surface area contributed by atoms with Gasteiger partial charge in [0.1, 0.15) is 0 Å². The molecule has 1 aliphatic rings. The average Bonchev–Trinajstić information content (AvgIpc) is 2.68. The molecular weight excluding hydrogens is 202 g/mol. The summed E-state index contributed by atoms with van der Waals surface area (Å²) < 4.78 is 0. The number of fused-ring (bicyclic) bond motifs is 1. The van der Waals surface area contributed by atoms with Gasteiger partial charge < -0.3 is 5.32 Å². The van der Waals surface area contributed by atoms with E-state index < -0.39 is 0 Å². The Morgan fingerprint density at radius 1 is 1.47 bits per heavy atom. The van der Waals surface area contributed by atoms with E-state index in [2.05, 4.69) is 30.6 Å². The molecule has 2 heteroatoms. The van der Waals surface area contributed by atoms with E-state index in [-0.39, 0.29) is 5.54 Å². The molecule has 0 radical (unpaired) electrons. The SMILES string of the molecule is CCCCCC1(C)NCCc2sccc21. The standard InChI is InChI=1S/C13H21NS/c1-3-4-5-8-13(2)11-7-10-15-12(11)6-9-14-13/h7,10,14H,3-6,8-9H2,1-2H3. The van der Waals surface area contributed by atoms with Gasteiger partial charge in [-0.2, -0.15) is 0 Å². The smallest absolute Gasteiger partial charge is 0.0417 e. The van der Waals surface area contributed by atoms with E-state index in [4.69, 9.17) is 0 Å². The van der Waals surface area contributed by atoms with E-state index in [9.17, 15) is 0 Å². The van der Waals surface area contributed by atoms with Crippen LogP contribution >= 0.6 is 11.3 Å². The Labute approximate surface area is 96.9 Å². The number of rotatable bonds is 4. The second kappa shape index (κ2) is 4.67. The Morgan fingerprint density at radius 2 is 2.33 bits per heavy atom. The van der Waals surface area contributed by atoms with E-state index in [1.807, 2.05) is 11.3 Å². The van der Waals surface area contributed by atoms with Gasteiger partial charge in [0.15, 0.2) is 0 Å². The first kappa shape index (κ1) is 11.2. The van der Waals surface area contributed by atoms with Gasteiger partial charge in [-0.3, -0.25) is 0 Å². The average molecular weight is 223 g/mol. The summed E-state index contributed by atoms with van der Waals surface area (Å²) in [7, 11) is 0. The van der Waals surface area contributed by atoms with Gasteiger partial charge in [0.05, 0.1) is 0 Å². The fourth-order valence-electron chi connectivity index (χ4n) is 2.52. The molecule has 0 aliphatic carbocycles. The summed E-state index contributed by atoms with van der Waals surface area (Å²) >= 11 is 1.93. The van der Waals surface area contributed by atoms with Crippen molar-refractivity contribution >= 4 is 11.3 Å². The van der Waals surface area contributed by atoms with Gasteiger partial charge >= 0.3 is 0 Å². The van der Waals surface area contributed by atoms with Crippen molar-refractivity contribution in [2.75, 3.05) is 6.54 Å². The predicted octanol–water partition coefficient (Wildman–Crippen LogP) is 3.69. The van der Waals surface area contributed by atoms with Crippen molar-refractivity contribution in [1.29, 1.82) is 0 Å². The quantitative estimate of drug-likeness (QED) is 0.768. The zero-order valence-electron chi connectivity index (χ0n) is 9.81. The fourth-order valence-corrected chi connectivity index (χ4v) is 3.53. The Kier molecular flexibility index (Phi) is 3.47. The molecule has 1 unspecified atom stereocenters. The molecule has 1 N–H and O–H groups in total. The summed E-state index contributed by atoms with van der Waals surface area (Å²) in [5.41, 5.74) is 1.82. The summed E-state index contributed by atoms with van der Waals surface area (Å²) in [5.74, 6) is 0. The van der Waals surface area contributed by atoms with E-state index in [0.717, 1.165) is 6.54 Å². The van der Waals surface area contributed by atoms with Crippen molar-refractivity contribution in [2.24, 2.45) is 0 Å². The van der Waals surface area contributed by atoms with Crippen molar-refractivity contribution in [3.63, 3.8) is 0 Å². The van der Waals surface area contributed by atoms with Crippen LogP contribution in [0.15, 0.2) is 11.4 Å². The van der Waals surface area contributed by atoms with Crippen LogP contribution in [0.4, 0.5) is 0 Å². The molecule has 0 bridgehead atoms. The molecule has 0 saturated heterocycles. The van der Waals surface area contributed by atoms with Crippen LogP contribution in [0.2, 0.25) is 0 Å². The second-order valence-electron chi connectivity index (χ2n) is 4.72. The Balaban J connectivity index is 2.09. The highest BCUT2D eigenvalue weighted by atomic mass is 32.1. The van der Waals surface area contributed by atoms with E-state index in [0.29, 0.717) is 0 Å². The van der Waals surface area contributed by atoms with Crippen LogP contribution in [0.5, 0.6) is 0 Å². The molecule has 1 aromatic heterocycles. The Bertz CT molecular complexity index is 318. The maximum Gasteiger partial charge on any atom is 0.0417 e. The van der Waals surface area contributed by atoms with Crippen LogP contribution in [-0.2, 0) is 12.0 Å².